The predicted octanol–water partition coefficient (Wildman–Crippen LogP) is 5.15. The van der Waals surface area contributed by atoms with Crippen molar-refractivity contribution in [2.45, 2.75) is 32.4 Å². The fourth-order valence-electron chi connectivity index (χ4n) is 4.01. The van der Waals surface area contributed by atoms with Crippen molar-refractivity contribution in [3.8, 4) is 0 Å². The molecule has 0 spiro atoms. The van der Waals surface area contributed by atoms with Crippen molar-refractivity contribution in [1.29, 1.82) is 0 Å². The Hall–Kier alpha value is -3.70. The molecule has 3 aromatic rings. The Balaban J connectivity index is 1.84. The molecule has 3 rings (SSSR count). The molecule has 182 valence electrons. The van der Waals surface area contributed by atoms with Crippen LogP contribution in [0.5, 0.6) is 0 Å². The first-order chi connectivity index (χ1) is 17.0. The third kappa shape index (κ3) is 7.66. The van der Waals surface area contributed by atoms with Crippen LogP contribution in [-0.2, 0) is 14.3 Å². The summed E-state index contributed by atoms with van der Waals surface area (Å²) in [7, 11) is 1.34. The van der Waals surface area contributed by atoms with Gasteiger partial charge in [0.25, 0.3) is 0 Å². The van der Waals surface area contributed by atoms with E-state index in [1.54, 1.807) is 0 Å². The maximum atomic E-state index is 13.4. The minimum absolute atomic E-state index is 0.227. The third-order valence-electron chi connectivity index (χ3n) is 5.70. The molecule has 2 atom stereocenters. The lowest BCUT2D eigenvalue weighted by atomic mass is 9.97. The summed E-state index contributed by atoms with van der Waals surface area (Å²) >= 11 is 0. The molecule has 0 unspecified atom stereocenters. The van der Waals surface area contributed by atoms with Crippen LogP contribution in [0.25, 0.3) is 5.57 Å². The van der Waals surface area contributed by atoms with Crippen LogP contribution in [-0.4, -0.2) is 31.6 Å². The minimum Gasteiger partial charge on any atom is -0.467 e. The van der Waals surface area contributed by atoms with Gasteiger partial charge in [0, 0.05) is 6.54 Å². The predicted molar refractivity (Wildman–Crippen MR) is 141 cm³/mol. The molecular formula is C30H34N2O3. The van der Waals surface area contributed by atoms with Crippen molar-refractivity contribution >= 4 is 17.4 Å². The molecule has 0 aliphatic heterocycles. The van der Waals surface area contributed by atoms with E-state index in [1.807, 2.05) is 80.6 Å². The molecular weight excluding hydrogens is 436 g/mol. The molecule has 0 aliphatic carbocycles. The summed E-state index contributed by atoms with van der Waals surface area (Å²) in [6, 6.07) is 28.6. The first-order valence-electron chi connectivity index (χ1n) is 12.0. The molecule has 5 heteroatoms. The maximum Gasteiger partial charge on any atom is 0.328 e. The largest absolute Gasteiger partial charge is 0.467 e. The van der Waals surface area contributed by atoms with Crippen molar-refractivity contribution in [3.63, 3.8) is 0 Å². The second-order valence-corrected chi connectivity index (χ2v) is 8.82. The lowest BCUT2D eigenvalue weighted by Gasteiger charge is -2.23. The number of benzene rings is 3. The number of hydrogen-bond acceptors (Lipinski definition) is 4. The van der Waals surface area contributed by atoms with Crippen LogP contribution in [0.1, 0.15) is 43.0 Å². The van der Waals surface area contributed by atoms with Gasteiger partial charge in [-0.25, -0.2) is 4.79 Å². The Morgan fingerprint density at radius 3 is 1.83 bits per heavy atom. The summed E-state index contributed by atoms with van der Waals surface area (Å²) in [6.07, 6.45) is 2.60. The SMILES string of the molecule is COC(=O)[C@H](CC(C)C)NC(=O)[C@H](NCC=C(c1ccccc1)c1ccccc1)c1ccccc1. The molecule has 0 saturated heterocycles. The van der Waals surface area contributed by atoms with E-state index in [-0.39, 0.29) is 11.8 Å². The molecule has 0 fully saturated rings. The zero-order valence-corrected chi connectivity index (χ0v) is 20.6. The Bertz CT molecular complexity index is 1050. The topological polar surface area (TPSA) is 67.4 Å². The fraction of sp³-hybridized carbons (Fsp3) is 0.267. The number of ether oxygens (including phenoxy) is 1. The number of methoxy groups -OCH3 is 1. The molecule has 0 heterocycles. The Morgan fingerprint density at radius 2 is 1.34 bits per heavy atom. The first kappa shape index (κ1) is 25.9. The van der Waals surface area contributed by atoms with Gasteiger partial charge in [-0.3, -0.25) is 10.1 Å². The summed E-state index contributed by atoms with van der Waals surface area (Å²) in [5, 5.41) is 6.28. The van der Waals surface area contributed by atoms with Gasteiger partial charge in [-0.05, 0) is 34.6 Å². The lowest BCUT2D eigenvalue weighted by molar-refractivity contribution is -0.145. The lowest BCUT2D eigenvalue weighted by Crippen LogP contribution is -2.47. The summed E-state index contributed by atoms with van der Waals surface area (Å²) in [5.41, 5.74) is 4.11. The van der Waals surface area contributed by atoms with Gasteiger partial charge < -0.3 is 10.1 Å². The van der Waals surface area contributed by atoms with E-state index < -0.39 is 18.1 Å². The minimum atomic E-state index is -0.694. The highest BCUT2D eigenvalue weighted by Gasteiger charge is 2.27. The normalized spacial score (nSPS) is 12.5. The van der Waals surface area contributed by atoms with Crippen LogP contribution in [0.3, 0.4) is 0 Å². The summed E-state index contributed by atoms with van der Waals surface area (Å²) in [6.45, 7) is 4.47. The number of amides is 1. The molecule has 35 heavy (non-hydrogen) atoms. The van der Waals surface area contributed by atoms with Gasteiger partial charge in [-0.1, -0.05) is 111 Å². The Labute approximate surface area is 208 Å². The van der Waals surface area contributed by atoms with Crippen LogP contribution in [0.2, 0.25) is 0 Å². The number of carbonyl (C=O) groups excluding carboxylic acids is 2. The van der Waals surface area contributed by atoms with Crippen LogP contribution in [0, 0.1) is 5.92 Å². The smallest absolute Gasteiger partial charge is 0.328 e. The molecule has 0 aliphatic rings. The average Bonchev–Trinajstić information content (AvgIpc) is 2.89. The van der Waals surface area contributed by atoms with Gasteiger partial charge in [0.2, 0.25) is 5.91 Å². The number of esters is 1. The zero-order valence-electron chi connectivity index (χ0n) is 20.6. The first-order valence-corrected chi connectivity index (χ1v) is 12.0. The molecule has 1 amide bonds. The van der Waals surface area contributed by atoms with Gasteiger partial charge in [0.05, 0.1) is 7.11 Å². The Morgan fingerprint density at radius 1 is 0.829 bits per heavy atom. The van der Waals surface area contributed by atoms with Crippen LogP contribution >= 0.6 is 0 Å². The van der Waals surface area contributed by atoms with E-state index in [2.05, 4.69) is 41.0 Å². The third-order valence-corrected chi connectivity index (χ3v) is 5.70. The highest BCUT2D eigenvalue weighted by molar-refractivity contribution is 5.88. The van der Waals surface area contributed by atoms with E-state index in [1.165, 1.54) is 7.11 Å². The van der Waals surface area contributed by atoms with Crippen molar-refractivity contribution in [3.05, 3.63) is 114 Å². The zero-order chi connectivity index (χ0) is 25.0. The molecule has 2 N–H and O–H groups in total. The van der Waals surface area contributed by atoms with E-state index in [4.69, 9.17) is 4.74 Å². The van der Waals surface area contributed by atoms with Crippen LogP contribution in [0.4, 0.5) is 0 Å². The summed E-state index contributed by atoms with van der Waals surface area (Å²) in [5.74, 6) is -0.472. The molecule has 5 nitrogen and oxygen atoms in total. The van der Waals surface area contributed by atoms with Gasteiger partial charge in [0.1, 0.15) is 12.1 Å². The van der Waals surface area contributed by atoms with Gasteiger partial charge in [-0.2, -0.15) is 0 Å². The van der Waals surface area contributed by atoms with E-state index in [0.29, 0.717) is 13.0 Å². The van der Waals surface area contributed by atoms with Gasteiger partial charge in [0.15, 0.2) is 0 Å². The summed E-state index contributed by atoms with van der Waals surface area (Å²) in [4.78, 5) is 25.7. The highest BCUT2D eigenvalue weighted by Crippen LogP contribution is 2.23. The highest BCUT2D eigenvalue weighted by atomic mass is 16.5. The second kappa shape index (κ2) is 13.3. The van der Waals surface area contributed by atoms with E-state index >= 15 is 0 Å². The number of rotatable bonds is 11. The second-order valence-electron chi connectivity index (χ2n) is 8.82. The Kier molecular flexibility index (Phi) is 9.81. The maximum absolute atomic E-state index is 13.4. The standard InChI is InChI=1S/C30H34N2O3/c1-22(2)21-27(30(34)35-3)32-29(33)28(25-17-11-6-12-18-25)31-20-19-26(23-13-7-4-8-14-23)24-15-9-5-10-16-24/h4-19,22,27-28,31H,20-21H2,1-3H3,(H,32,33)/t27-,28+/m0/s1. The average molecular weight is 471 g/mol. The van der Waals surface area contributed by atoms with Crippen molar-refractivity contribution in [2.24, 2.45) is 5.92 Å². The van der Waals surface area contributed by atoms with Crippen molar-refractivity contribution in [2.75, 3.05) is 13.7 Å². The van der Waals surface area contributed by atoms with Crippen LogP contribution in [0.15, 0.2) is 97.1 Å². The molecule has 3 aromatic carbocycles. The molecule has 0 bridgehead atoms. The quantitative estimate of drug-likeness (QED) is 0.380. The van der Waals surface area contributed by atoms with E-state index in [0.717, 1.165) is 22.3 Å². The van der Waals surface area contributed by atoms with Crippen LogP contribution < -0.4 is 10.6 Å². The number of carbonyl (C=O) groups is 2. The molecule has 0 aromatic heterocycles. The van der Waals surface area contributed by atoms with Gasteiger partial charge >= 0.3 is 5.97 Å². The van der Waals surface area contributed by atoms with Crippen molar-refractivity contribution < 1.29 is 14.3 Å². The van der Waals surface area contributed by atoms with Gasteiger partial charge in [-0.15, -0.1) is 0 Å². The fourth-order valence-corrected chi connectivity index (χ4v) is 4.01. The van der Waals surface area contributed by atoms with Crippen molar-refractivity contribution in [1.82, 2.24) is 10.6 Å². The summed E-state index contributed by atoms with van der Waals surface area (Å²) < 4.78 is 4.93. The monoisotopic (exact) mass is 470 g/mol. The van der Waals surface area contributed by atoms with E-state index in [9.17, 15) is 9.59 Å². The molecule has 0 saturated carbocycles. The number of nitrogens with one attached hydrogen (secondary N) is 2. The molecule has 0 radical (unpaired) electrons. The number of hydrogen-bond donors (Lipinski definition) is 2.